The molecule has 20 heavy (non-hydrogen) atoms. The van der Waals surface area contributed by atoms with E-state index in [0.717, 1.165) is 24.4 Å². The average Bonchev–Trinajstić information content (AvgIpc) is 3.17. The molecular weight excluding hydrogens is 252 g/mol. The number of carbonyl (C=O) groups is 1. The smallest absolute Gasteiger partial charge is 0.295 e. The van der Waals surface area contributed by atoms with Crippen molar-refractivity contribution in [2.75, 3.05) is 5.32 Å². The van der Waals surface area contributed by atoms with Gasteiger partial charge >= 0.3 is 0 Å². The van der Waals surface area contributed by atoms with E-state index >= 15 is 0 Å². The molecule has 1 heterocycles. The van der Waals surface area contributed by atoms with E-state index < -0.39 is 0 Å². The number of H-pyrrole nitrogens is 1. The Balaban J connectivity index is 1.68. The van der Waals surface area contributed by atoms with Crippen molar-refractivity contribution in [3.05, 3.63) is 41.5 Å². The maximum atomic E-state index is 12.0. The molecule has 5 nitrogen and oxygen atoms in total. The topological polar surface area (TPSA) is 70.7 Å². The molecule has 2 aromatic rings. The molecule has 0 spiro atoms. The van der Waals surface area contributed by atoms with Gasteiger partial charge in [0.1, 0.15) is 5.82 Å². The summed E-state index contributed by atoms with van der Waals surface area (Å²) in [6.07, 6.45) is 2.26. The zero-order valence-corrected chi connectivity index (χ0v) is 11.7. The summed E-state index contributed by atoms with van der Waals surface area (Å²) < 4.78 is 0. The second-order valence-corrected chi connectivity index (χ2v) is 5.55. The third-order valence-electron chi connectivity index (χ3n) is 3.51. The van der Waals surface area contributed by atoms with Crippen LogP contribution in [0.5, 0.6) is 0 Å². The minimum absolute atomic E-state index is 0.208. The van der Waals surface area contributed by atoms with E-state index in [1.807, 2.05) is 24.3 Å². The Bertz CT molecular complexity index is 611. The second kappa shape index (κ2) is 5.07. The number of hydrogen-bond acceptors (Lipinski definition) is 3. The first kappa shape index (κ1) is 12.8. The molecule has 1 aliphatic carbocycles. The quantitative estimate of drug-likeness (QED) is 0.897. The van der Waals surface area contributed by atoms with E-state index in [2.05, 4.69) is 34.3 Å². The number of amides is 1. The van der Waals surface area contributed by atoms with Gasteiger partial charge in [-0.3, -0.25) is 9.89 Å². The summed E-state index contributed by atoms with van der Waals surface area (Å²) in [4.78, 5) is 16.3. The Morgan fingerprint density at radius 3 is 2.60 bits per heavy atom. The Labute approximate surface area is 117 Å². The van der Waals surface area contributed by atoms with Crippen LogP contribution in [0.25, 0.3) is 0 Å². The molecule has 0 saturated heterocycles. The van der Waals surface area contributed by atoms with Crippen LogP contribution in [0.4, 0.5) is 5.69 Å². The molecule has 1 aromatic carbocycles. The van der Waals surface area contributed by atoms with Crippen molar-refractivity contribution >= 4 is 11.6 Å². The largest absolute Gasteiger partial charge is 0.319 e. The van der Waals surface area contributed by atoms with Crippen molar-refractivity contribution in [2.24, 2.45) is 0 Å². The highest BCUT2D eigenvalue weighted by Gasteiger charge is 2.28. The first-order chi connectivity index (χ1) is 9.63. The van der Waals surface area contributed by atoms with E-state index in [1.54, 1.807) is 0 Å². The molecule has 3 rings (SSSR count). The molecule has 1 fully saturated rings. The zero-order valence-electron chi connectivity index (χ0n) is 11.7. The SMILES string of the molecule is CC(C)c1ccc(NC(=O)c2n[nH]c(C3CC3)n2)cc1. The number of aromatic amines is 1. The van der Waals surface area contributed by atoms with Crippen molar-refractivity contribution in [2.45, 2.75) is 38.5 Å². The summed E-state index contributed by atoms with van der Waals surface area (Å²) in [5, 5.41) is 9.62. The van der Waals surface area contributed by atoms with Gasteiger partial charge in [-0.15, -0.1) is 5.10 Å². The van der Waals surface area contributed by atoms with Crippen LogP contribution < -0.4 is 5.32 Å². The highest BCUT2D eigenvalue weighted by molar-refractivity contribution is 6.01. The van der Waals surface area contributed by atoms with Gasteiger partial charge in [0.05, 0.1) is 0 Å². The second-order valence-electron chi connectivity index (χ2n) is 5.55. The van der Waals surface area contributed by atoms with Crippen molar-refractivity contribution < 1.29 is 4.79 Å². The van der Waals surface area contributed by atoms with E-state index in [0.29, 0.717) is 11.8 Å². The first-order valence-electron chi connectivity index (χ1n) is 6.97. The Hall–Kier alpha value is -2.17. The predicted molar refractivity (Wildman–Crippen MR) is 76.8 cm³/mol. The lowest BCUT2D eigenvalue weighted by Crippen LogP contribution is -2.13. The lowest BCUT2D eigenvalue weighted by atomic mass is 10.0. The lowest BCUT2D eigenvalue weighted by Gasteiger charge is -2.07. The van der Waals surface area contributed by atoms with Crippen molar-refractivity contribution in [3.63, 3.8) is 0 Å². The number of carbonyl (C=O) groups excluding carboxylic acids is 1. The van der Waals surface area contributed by atoms with E-state index in [9.17, 15) is 4.79 Å². The third-order valence-corrected chi connectivity index (χ3v) is 3.51. The van der Waals surface area contributed by atoms with Crippen LogP contribution in [0, 0.1) is 0 Å². The van der Waals surface area contributed by atoms with Crippen LogP contribution >= 0.6 is 0 Å². The minimum Gasteiger partial charge on any atom is -0.319 e. The molecule has 1 amide bonds. The number of hydrogen-bond donors (Lipinski definition) is 2. The van der Waals surface area contributed by atoms with Gasteiger partial charge in [-0.05, 0) is 36.5 Å². The van der Waals surface area contributed by atoms with Crippen LogP contribution in [-0.2, 0) is 0 Å². The fourth-order valence-electron chi connectivity index (χ4n) is 2.05. The number of rotatable bonds is 4. The first-order valence-corrected chi connectivity index (χ1v) is 6.97. The summed E-state index contributed by atoms with van der Waals surface area (Å²) in [5.74, 6) is 1.71. The molecule has 1 saturated carbocycles. The van der Waals surface area contributed by atoms with Crippen molar-refractivity contribution in [3.8, 4) is 0 Å². The summed E-state index contributed by atoms with van der Waals surface area (Å²) in [6, 6.07) is 7.85. The molecule has 2 N–H and O–H groups in total. The van der Waals surface area contributed by atoms with Gasteiger partial charge < -0.3 is 5.32 Å². The number of aromatic nitrogens is 3. The van der Waals surface area contributed by atoms with E-state index in [4.69, 9.17) is 0 Å². The molecule has 0 radical (unpaired) electrons. The Kier molecular flexibility index (Phi) is 3.26. The number of nitrogens with zero attached hydrogens (tertiary/aromatic N) is 2. The maximum absolute atomic E-state index is 12.0. The molecule has 1 aromatic heterocycles. The van der Waals surface area contributed by atoms with Crippen LogP contribution in [0.1, 0.15) is 60.5 Å². The molecule has 104 valence electrons. The fraction of sp³-hybridized carbons (Fsp3) is 0.400. The van der Waals surface area contributed by atoms with Gasteiger partial charge in [-0.2, -0.15) is 0 Å². The Morgan fingerprint density at radius 2 is 2.00 bits per heavy atom. The minimum atomic E-state index is -0.273. The number of anilines is 1. The highest BCUT2D eigenvalue weighted by atomic mass is 16.2. The fourth-order valence-corrected chi connectivity index (χ4v) is 2.05. The number of nitrogens with one attached hydrogen (secondary N) is 2. The normalized spacial score (nSPS) is 14.6. The van der Waals surface area contributed by atoms with Crippen molar-refractivity contribution in [1.29, 1.82) is 0 Å². The van der Waals surface area contributed by atoms with Gasteiger partial charge in [0, 0.05) is 11.6 Å². The van der Waals surface area contributed by atoms with Crippen LogP contribution in [0.15, 0.2) is 24.3 Å². The Morgan fingerprint density at radius 1 is 1.30 bits per heavy atom. The van der Waals surface area contributed by atoms with Crippen LogP contribution in [0.2, 0.25) is 0 Å². The third kappa shape index (κ3) is 2.71. The molecule has 0 atom stereocenters. The van der Waals surface area contributed by atoms with Gasteiger partial charge in [-0.25, -0.2) is 4.98 Å². The van der Waals surface area contributed by atoms with Gasteiger partial charge in [0.15, 0.2) is 0 Å². The molecular formula is C15H18N4O. The standard InChI is InChI=1S/C15H18N4O/c1-9(2)10-5-7-12(8-6-10)16-15(20)14-17-13(18-19-14)11-3-4-11/h5-9,11H,3-4H2,1-2H3,(H,16,20)(H,17,18,19). The molecule has 1 aliphatic rings. The van der Waals surface area contributed by atoms with Crippen LogP contribution in [-0.4, -0.2) is 21.1 Å². The molecule has 5 heteroatoms. The lowest BCUT2D eigenvalue weighted by molar-refractivity contribution is 0.101. The molecule has 0 bridgehead atoms. The van der Waals surface area contributed by atoms with Crippen molar-refractivity contribution in [1.82, 2.24) is 15.2 Å². The average molecular weight is 270 g/mol. The summed E-state index contributed by atoms with van der Waals surface area (Å²) in [5.41, 5.74) is 2.01. The molecule has 0 unspecified atom stereocenters. The monoisotopic (exact) mass is 270 g/mol. The zero-order chi connectivity index (χ0) is 14.1. The van der Waals surface area contributed by atoms with E-state index in [-0.39, 0.29) is 11.7 Å². The van der Waals surface area contributed by atoms with Crippen LogP contribution in [0.3, 0.4) is 0 Å². The maximum Gasteiger partial charge on any atom is 0.295 e. The van der Waals surface area contributed by atoms with E-state index in [1.165, 1.54) is 5.56 Å². The van der Waals surface area contributed by atoms with Gasteiger partial charge in [-0.1, -0.05) is 26.0 Å². The van der Waals surface area contributed by atoms with Gasteiger partial charge in [0.2, 0.25) is 5.82 Å². The summed E-state index contributed by atoms with van der Waals surface area (Å²) in [6.45, 7) is 4.28. The van der Waals surface area contributed by atoms with Gasteiger partial charge in [0.25, 0.3) is 5.91 Å². The number of benzene rings is 1. The summed E-state index contributed by atoms with van der Waals surface area (Å²) >= 11 is 0. The highest BCUT2D eigenvalue weighted by Crippen LogP contribution is 2.37. The predicted octanol–water partition coefficient (Wildman–Crippen LogP) is 3.06. The summed E-state index contributed by atoms with van der Waals surface area (Å²) in [7, 11) is 0. The molecule has 0 aliphatic heterocycles.